The van der Waals surface area contributed by atoms with Gasteiger partial charge in [-0.05, 0) is 18.6 Å². The first-order valence-corrected chi connectivity index (χ1v) is 11.3. The summed E-state index contributed by atoms with van der Waals surface area (Å²) in [7, 11) is 1.48. The fraction of sp³-hybridized carbons (Fsp3) is 0.346. The minimum atomic E-state index is -2.02. The molecule has 3 N–H and O–H groups in total. The van der Waals surface area contributed by atoms with Gasteiger partial charge >= 0.3 is 5.97 Å². The van der Waals surface area contributed by atoms with Crippen molar-refractivity contribution in [3.05, 3.63) is 71.8 Å². The van der Waals surface area contributed by atoms with E-state index in [1.807, 2.05) is 30.3 Å². The van der Waals surface area contributed by atoms with Crippen molar-refractivity contribution < 1.29 is 34.1 Å². The average Bonchev–Trinajstić information content (AvgIpc) is 3.35. The largest absolute Gasteiger partial charge is 0.493 e. The van der Waals surface area contributed by atoms with Crippen LogP contribution in [0.5, 0.6) is 11.5 Å². The first-order chi connectivity index (χ1) is 16.9. The topological polar surface area (TPSA) is 125 Å². The first kappa shape index (κ1) is 24.4. The minimum Gasteiger partial charge on any atom is -0.493 e. The number of ether oxygens (including phenoxy) is 2. The Balaban J connectivity index is 1.79. The first-order valence-electron chi connectivity index (χ1n) is 11.3. The average molecular weight is 481 g/mol. The molecule has 2 aromatic carbocycles. The molecule has 0 saturated carbocycles. The number of imide groups is 1. The molecule has 4 unspecified atom stereocenters. The van der Waals surface area contributed by atoms with E-state index in [0.717, 1.165) is 10.5 Å². The van der Waals surface area contributed by atoms with Crippen LogP contribution in [0.15, 0.2) is 60.7 Å². The van der Waals surface area contributed by atoms with Crippen LogP contribution in [0.25, 0.3) is 0 Å². The summed E-state index contributed by atoms with van der Waals surface area (Å²) in [5, 5.41) is 23.2. The number of fused-ring (bicyclic) bond motifs is 1. The van der Waals surface area contributed by atoms with Gasteiger partial charge in [0, 0.05) is 18.2 Å². The summed E-state index contributed by atoms with van der Waals surface area (Å²) in [4.78, 5) is 40.2. The van der Waals surface area contributed by atoms with Crippen LogP contribution in [-0.4, -0.2) is 58.7 Å². The van der Waals surface area contributed by atoms with Crippen LogP contribution in [0.3, 0.4) is 0 Å². The van der Waals surface area contributed by atoms with Crippen molar-refractivity contribution in [2.45, 2.75) is 25.1 Å². The lowest BCUT2D eigenvalue weighted by molar-refractivity contribution is -0.153. The van der Waals surface area contributed by atoms with Gasteiger partial charge in [0.05, 0.1) is 25.6 Å². The van der Waals surface area contributed by atoms with Gasteiger partial charge in [-0.25, -0.2) is 0 Å². The molecule has 2 saturated heterocycles. The van der Waals surface area contributed by atoms with Gasteiger partial charge in [0.1, 0.15) is 6.61 Å². The summed E-state index contributed by atoms with van der Waals surface area (Å²) in [6.45, 7) is 1.14. The van der Waals surface area contributed by atoms with E-state index in [0.29, 0.717) is 17.1 Å². The number of aliphatic hydroxyl groups excluding tert-OH is 1. The van der Waals surface area contributed by atoms with E-state index >= 15 is 0 Å². The van der Waals surface area contributed by atoms with Crippen molar-refractivity contribution in [3.8, 4) is 11.5 Å². The molecule has 0 aliphatic carbocycles. The predicted molar refractivity (Wildman–Crippen MR) is 126 cm³/mol. The third-order valence-corrected chi connectivity index (χ3v) is 6.69. The molecule has 2 amide bonds. The molecule has 2 aliphatic heterocycles. The molecule has 2 aromatic rings. The highest BCUT2D eigenvalue weighted by molar-refractivity contribution is 6.09. The van der Waals surface area contributed by atoms with Gasteiger partial charge in [-0.2, -0.15) is 0 Å². The molecular formula is C26H28N2O7. The van der Waals surface area contributed by atoms with Crippen LogP contribution in [0.1, 0.15) is 24.1 Å². The molecule has 9 nitrogen and oxygen atoms in total. The van der Waals surface area contributed by atoms with Crippen molar-refractivity contribution in [1.82, 2.24) is 10.2 Å². The number of amides is 2. The monoisotopic (exact) mass is 480 g/mol. The lowest BCUT2D eigenvalue weighted by Gasteiger charge is -2.29. The van der Waals surface area contributed by atoms with Gasteiger partial charge in [0.2, 0.25) is 11.8 Å². The van der Waals surface area contributed by atoms with Gasteiger partial charge in [-0.3, -0.25) is 24.6 Å². The van der Waals surface area contributed by atoms with Crippen LogP contribution in [-0.2, 0) is 21.0 Å². The number of nitrogens with one attached hydrogen (secondary N) is 1. The molecule has 4 rings (SSSR count). The summed E-state index contributed by atoms with van der Waals surface area (Å²) in [5.74, 6) is -4.11. The Morgan fingerprint density at radius 3 is 2.51 bits per heavy atom. The fourth-order valence-corrected chi connectivity index (χ4v) is 4.95. The molecule has 0 spiro atoms. The van der Waals surface area contributed by atoms with Crippen LogP contribution >= 0.6 is 0 Å². The summed E-state index contributed by atoms with van der Waals surface area (Å²) < 4.78 is 11.6. The number of methoxy groups -OCH3 is 1. The Morgan fingerprint density at radius 1 is 1.14 bits per heavy atom. The fourth-order valence-electron chi connectivity index (χ4n) is 4.95. The second-order valence-corrected chi connectivity index (χ2v) is 8.57. The number of carboxylic acid groups (broad SMARTS) is 1. The van der Waals surface area contributed by atoms with E-state index in [1.54, 1.807) is 37.3 Å². The van der Waals surface area contributed by atoms with Crippen LogP contribution in [0, 0.1) is 11.8 Å². The summed E-state index contributed by atoms with van der Waals surface area (Å²) in [6.07, 6.45) is 3.36. The van der Waals surface area contributed by atoms with Crippen molar-refractivity contribution in [1.29, 1.82) is 0 Å². The lowest BCUT2D eigenvalue weighted by Crippen LogP contribution is -2.58. The zero-order valence-electron chi connectivity index (χ0n) is 19.5. The van der Waals surface area contributed by atoms with Crippen LogP contribution in [0.2, 0.25) is 0 Å². The van der Waals surface area contributed by atoms with Gasteiger partial charge in [0.25, 0.3) is 0 Å². The quantitative estimate of drug-likeness (QED) is 0.367. The smallest absolute Gasteiger partial charge is 0.327 e. The number of hydrogen-bond donors (Lipinski definition) is 3. The number of carbonyl (C=O) groups is 3. The zero-order valence-corrected chi connectivity index (χ0v) is 19.5. The summed E-state index contributed by atoms with van der Waals surface area (Å²) >= 11 is 0. The van der Waals surface area contributed by atoms with Crippen molar-refractivity contribution in [3.63, 3.8) is 0 Å². The summed E-state index contributed by atoms with van der Waals surface area (Å²) in [6, 6.07) is 13.7. The van der Waals surface area contributed by atoms with Crippen LogP contribution < -0.4 is 14.8 Å². The number of carbonyl (C=O) groups excluding carboxylic acids is 2. The Hall–Kier alpha value is -3.69. The maximum Gasteiger partial charge on any atom is 0.327 e. The van der Waals surface area contributed by atoms with E-state index in [-0.39, 0.29) is 13.2 Å². The normalized spacial score (nSPS) is 25.8. The molecule has 0 bridgehead atoms. The van der Waals surface area contributed by atoms with Gasteiger partial charge in [-0.1, -0.05) is 54.6 Å². The van der Waals surface area contributed by atoms with Gasteiger partial charge in [0.15, 0.2) is 17.0 Å². The molecular weight excluding hydrogens is 452 g/mol. The number of likely N-dealkylation sites (tertiary alicyclic amines) is 1. The zero-order chi connectivity index (χ0) is 25.2. The number of carboxylic acids is 1. The van der Waals surface area contributed by atoms with Crippen molar-refractivity contribution >= 4 is 17.8 Å². The van der Waals surface area contributed by atoms with Crippen molar-refractivity contribution in [2.24, 2.45) is 11.8 Å². The number of hydrogen-bond acceptors (Lipinski definition) is 7. The third kappa shape index (κ3) is 4.06. The van der Waals surface area contributed by atoms with Crippen LogP contribution in [0.4, 0.5) is 0 Å². The minimum absolute atomic E-state index is 0.0322. The SMILES string of the molecule is C/C=C/CN1C(=O)C2C(c3cccc(OC)c3OCc3ccccc3)NC(CO)(C(=O)O)C2C1=O. The Morgan fingerprint density at radius 2 is 1.89 bits per heavy atom. The van der Waals surface area contributed by atoms with Gasteiger partial charge < -0.3 is 19.7 Å². The number of rotatable bonds is 9. The Labute approximate surface area is 203 Å². The standard InChI is InChI=1S/C26H28N2O7/c1-3-4-13-28-23(30)19-20(24(28)31)26(15-29,25(32)33)27-21(19)17-11-8-12-18(34-2)22(17)35-14-16-9-6-5-7-10-16/h3-12,19-21,27,29H,13-15H2,1-2H3,(H,32,33)/b4-3+. The highest BCUT2D eigenvalue weighted by atomic mass is 16.5. The Bertz CT molecular complexity index is 1150. The molecule has 2 fully saturated rings. The molecule has 184 valence electrons. The molecule has 4 atom stereocenters. The Kier molecular flexibility index (Phi) is 6.90. The molecule has 0 radical (unpaired) electrons. The molecule has 2 aliphatic rings. The lowest BCUT2D eigenvalue weighted by atomic mass is 9.79. The number of para-hydroxylation sites is 1. The highest BCUT2D eigenvalue weighted by Gasteiger charge is 2.68. The van der Waals surface area contributed by atoms with E-state index in [2.05, 4.69) is 5.32 Å². The number of aliphatic carboxylic acids is 1. The second kappa shape index (κ2) is 9.89. The maximum atomic E-state index is 13.4. The molecule has 9 heteroatoms. The third-order valence-electron chi connectivity index (χ3n) is 6.69. The predicted octanol–water partition coefficient (Wildman–Crippen LogP) is 1.91. The highest BCUT2D eigenvalue weighted by Crippen LogP contribution is 2.51. The van der Waals surface area contributed by atoms with E-state index in [4.69, 9.17) is 9.47 Å². The number of benzene rings is 2. The molecule has 0 aromatic heterocycles. The van der Waals surface area contributed by atoms with Crippen molar-refractivity contribution in [2.75, 3.05) is 20.3 Å². The van der Waals surface area contributed by atoms with E-state index in [1.165, 1.54) is 7.11 Å². The molecule has 2 heterocycles. The second-order valence-electron chi connectivity index (χ2n) is 8.57. The van der Waals surface area contributed by atoms with Gasteiger partial charge in [-0.15, -0.1) is 0 Å². The van der Waals surface area contributed by atoms with E-state index in [9.17, 15) is 24.6 Å². The number of aliphatic hydroxyl groups is 1. The maximum absolute atomic E-state index is 13.4. The number of allylic oxidation sites excluding steroid dienone is 1. The van der Waals surface area contributed by atoms with E-state index < -0.39 is 47.8 Å². The number of nitrogens with zero attached hydrogens (tertiary/aromatic N) is 1. The molecule has 35 heavy (non-hydrogen) atoms. The summed E-state index contributed by atoms with van der Waals surface area (Å²) in [5.41, 5.74) is -0.644.